The molecule has 116 valence electrons. The Morgan fingerprint density at radius 2 is 1.75 bits per heavy atom. The number of aromatic nitrogens is 4. The zero-order valence-corrected chi connectivity index (χ0v) is 14.0. The lowest BCUT2D eigenvalue weighted by Gasteiger charge is -2.12. The number of para-hydroxylation sites is 1. The predicted molar refractivity (Wildman–Crippen MR) is 96.1 cm³/mol. The standard InChI is InChI=1S/C18H11BrN4O/c19-12-8-9-16(21-11-12)23-17(15-7-3-4-10-20-15)22-14-6-2-1-5-13(14)18(23)24/h1-11H. The van der Waals surface area contributed by atoms with Gasteiger partial charge in [0.25, 0.3) is 5.56 Å². The van der Waals surface area contributed by atoms with Crippen molar-refractivity contribution in [3.63, 3.8) is 0 Å². The number of rotatable bonds is 2. The van der Waals surface area contributed by atoms with Crippen LogP contribution in [-0.4, -0.2) is 19.5 Å². The fraction of sp³-hybridized carbons (Fsp3) is 0. The maximum Gasteiger partial charge on any atom is 0.267 e. The van der Waals surface area contributed by atoms with E-state index in [1.807, 2.05) is 42.5 Å². The first kappa shape index (κ1) is 14.7. The second-order valence-electron chi connectivity index (χ2n) is 5.14. The van der Waals surface area contributed by atoms with E-state index in [4.69, 9.17) is 0 Å². The molecule has 0 saturated carbocycles. The van der Waals surface area contributed by atoms with E-state index in [-0.39, 0.29) is 5.56 Å². The average Bonchev–Trinajstić information content (AvgIpc) is 2.63. The number of fused-ring (bicyclic) bond motifs is 1. The van der Waals surface area contributed by atoms with Gasteiger partial charge in [-0.05, 0) is 52.3 Å². The van der Waals surface area contributed by atoms with Gasteiger partial charge in [-0.2, -0.15) is 0 Å². The van der Waals surface area contributed by atoms with E-state index in [1.165, 1.54) is 4.57 Å². The summed E-state index contributed by atoms with van der Waals surface area (Å²) in [5.41, 5.74) is 1.08. The molecule has 0 amide bonds. The van der Waals surface area contributed by atoms with E-state index >= 15 is 0 Å². The molecule has 0 aliphatic heterocycles. The zero-order chi connectivity index (χ0) is 16.5. The van der Waals surface area contributed by atoms with Gasteiger partial charge in [0.1, 0.15) is 11.5 Å². The summed E-state index contributed by atoms with van der Waals surface area (Å²) in [7, 11) is 0. The van der Waals surface area contributed by atoms with E-state index in [0.29, 0.717) is 28.2 Å². The van der Waals surface area contributed by atoms with Gasteiger partial charge in [0.05, 0.1) is 10.9 Å². The van der Waals surface area contributed by atoms with Crippen molar-refractivity contribution in [1.82, 2.24) is 19.5 Å². The van der Waals surface area contributed by atoms with Gasteiger partial charge in [0.2, 0.25) is 0 Å². The summed E-state index contributed by atoms with van der Waals surface area (Å²) in [4.78, 5) is 26.4. The van der Waals surface area contributed by atoms with Gasteiger partial charge in [-0.1, -0.05) is 18.2 Å². The molecule has 24 heavy (non-hydrogen) atoms. The number of benzene rings is 1. The Hall–Kier alpha value is -2.86. The van der Waals surface area contributed by atoms with Gasteiger partial charge in [0, 0.05) is 16.9 Å². The van der Waals surface area contributed by atoms with Gasteiger partial charge in [-0.15, -0.1) is 0 Å². The highest BCUT2D eigenvalue weighted by atomic mass is 79.9. The lowest BCUT2D eigenvalue weighted by Crippen LogP contribution is -2.23. The number of nitrogens with zero attached hydrogens (tertiary/aromatic N) is 4. The first-order chi connectivity index (χ1) is 11.7. The Labute approximate surface area is 145 Å². The van der Waals surface area contributed by atoms with Crippen LogP contribution in [0.4, 0.5) is 0 Å². The number of pyridine rings is 2. The van der Waals surface area contributed by atoms with Crippen molar-refractivity contribution < 1.29 is 0 Å². The summed E-state index contributed by atoms with van der Waals surface area (Å²) in [6.07, 6.45) is 3.33. The minimum Gasteiger partial charge on any atom is -0.268 e. The molecule has 0 bridgehead atoms. The topological polar surface area (TPSA) is 60.7 Å². The van der Waals surface area contributed by atoms with E-state index < -0.39 is 0 Å². The molecule has 1 aromatic carbocycles. The van der Waals surface area contributed by atoms with Crippen molar-refractivity contribution in [2.24, 2.45) is 0 Å². The van der Waals surface area contributed by atoms with Gasteiger partial charge >= 0.3 is 0 Å². The molecule has 3 aromatic heterocycles. The molecule has 0 atom stereocenters. The van der Waals surface area contributed by atoms with Crippen molar-refractivity contribution in [2.45, 2.75) is 0 Å². The monoisotopic (exact) mass is 378 g/mol. The highest BCUT2D eigenvalue weighted by Gasteiger charge is 2.15. The second kappa shape index (κ2) is 5.98. The van der Waals surface area contributed by atoms with Crippen LogP contribution in [-0.2, 0) is 0 Å². The van der Waals surface area contributed by atoms with Crippen molar-refractivity contribution in [3.05, 3.63) is 81.8 Å². The summed E-state index contributed by atoms with van der Waals surface area (Å²) in [6.45, 7) is 0. The molecule has 4 aromatic rings. The van der Waals surface area contributed by atoms with Crippen molar-refractivity contribution >= 4 is 26.8 Å². The third-order valence-electron chi connectivity index (χ3n) is 3.61. The fourth-order valence-electron chi connectivity index (χ4n) is 2.51. The SMILES string of the molecule is O=c1c2ccccc2nc(-c2ccccn2)n1-c1ccc(Br)cn1. The lowest BCUT2D eigenvalue weighted by atomic mass is 10.2. The molecule has 0 saturated heterocycles. The molecule has 6 heteroatoms. The molecule has 0 unspecified atom stereocenters. The molecule has 0 aliphatic carbocycles. The molecular formula is C18H11BrN4O. The Morgan fingerprint density at radius 3 is 2.50 bits per heavy atom. The Balaban J connectivity index is 2.11. The molecule has 0 N–H and O–H groups in total. The summed E-state index contributed by atoms with van der Waals surface area (Å²) >= 11 is 3.36. The predicted octanol–water partition coefficient (Wildman–Crippen LogP) is 3.61. The molecular weight excluding hydrogens is 368 g/mol. The van der Waals surface area contributed by atoms with E-state index in [2.05, 4.69) is 30.9 Å². The molecule has 0 aliphatic rings. The highest BCUT2D eigenvalue weighted by Crippen LogP contribution is 2.20. The smallest absolute Gasteiger partial charge is 0.267 e. The van der Waals surface area contributed by atoms with Crippen LogP contribution in [0.1, 0.15) is 0 Å². The third kappa shape index (κ3) is 2.51. The summed E-state index contributed by atoms with van der Waals surface area (Å²) in [5, 5.41) is 0.543. The fourth-order valence-corrected chi connectivity index (χ4v) is 2.75. The molecule has 4 rings (SSSR count). The number of hydrogen-bond donors (Lipinski definition) is 0. The Kier molecular flexibility index (Phi) is 3.66. The quantitative estimate of drug-likeness (QED) is 0.534. The maximum absolute atomic E-state index is 13.1. The van der Waals surface area contributed by atoms with Gasteiger partial charge < -0.3 is 0 Å². The minimum absolute atomic E-state index is 0.170. The van der Waals surface area contributed by atoms with E-state index in [9.17, 15) is 4.79 Å². The lowest BCUT2D eigenvalue weighted by molar-refractivity contribution is 0.923. The number of halogens is 1. The van der Waals surface area contributed by atoms with E-state index in [1.54, 1.807) is 24.5 Å². The molecule has 5 nitrogen and oxygen atoms in total. The van der Waals surface area contributed by atoms with Crippen LogP contribution < -0.4 is 5.56 Å². The first-order valence-electron chi connectivity index (χ1n) is 7.29. The van der Waals surface area contributed by atoms with Crippen LogP contribution in [0.15, 0.2) is 76.3 Å². The normalized spacial score (nSPS) is 10.9. The maximum atomic E-state index is 13.1. The van der Waals surface area contributed by atoms with Crippen LogP contribution in [0.25, 0.3) is 28.2 Å². The Bertz CT molecular complexity index is 1080. The number of hydrogen-bond acceptors (Lipinski definition) is 4. The zero-order valence-electron chi connectivity index (χ0n) is 12.4. The Morgan fingerprint density at radius 1 is 0.917 bits per heavy atom. The first-order valence-corrected chi connectivity index (χ1v) is 8.08. The van der Waals surface area contributed by atoms with Crippen LogP contribution in [0.2, 0.25) is 0 Å². The molecule has 0 fully saturated rings. The molecule has 0 radical (unpaired) electrons. The van der Waals surface area contributed by atoms with E-state index in [0.717, 1.165) is 4.47 Å². The van der Waals surface area contributed by atoms with Crippen molar-refractivity contribution in [3.8, 4) is 17.3 Å². The van der Waals surface area contributed by atoms with Gasteiger partial charge in [-0.25, -0.2) is 14.5 Å². The summed E-state index contributed by atoms with van der Waals surface area (Å²) in [5.74, 6) is 0.969. The van der Waals surface area contributed by atoms with Crippen molar-refractivity contribution in [1.29, 1.82) is 0 Å². The summed E-state index contributed by atoms with van der Waals surface area (Å²) < 4.78 is 2.34. The average molecular weight is 379 g/mol. The van der Waals surface area contributed by atoms with Crippen LogP contribution in [0.3, 0.4) is 0 Å². The molecule has 3 heterocycles. The van der Waals surface area contributed by atoms with Crippen LogP contribution >= 0.6 is 15.9 Å². The summed E-state index contributed by atoms with van der Waals surface area (Å²) in [6, 6.07) is 16.4. The second-order valence-corrected chi connectivity index (χ2v) is 6.06. The van der Waals surface area contributed by atoms with Gasteiger partial charge in [-0.3, -0.25) is 9.78 Å². The minimum atomic E-state index is -0.170. The van der Waals surface area contributed by atoms with Crippen molar-refractivity contribution in [2.75, 3.05) is 0 Å². The third-order valence-corrected chi connectivity index (χ3v) is 4.08. The van der Waals surface area contributed by atoms with Crippen LogP contribution in [0, 0.1) is 0 Å². The van der Waals surface area contributed by atoms with Gasteiger partial charge in [0.15, 0.2) is 5.82 Å². The highest BCUT2D eigenvalue weighted by molar-refractivity contribution is 9.10. The molecule has 0 spiro atoms. The van der Waals surface area contributed by atoms with Crippen LogP contribution in [0.5, 0.6) is 0 Å². The largest absolute Gasteiger partial charge is 0.268 e.